The number of ether oxygens (including phenoxy) is 1. The lowest BCUT2D eigenvalue weighted by Crippen LogP contribution is -2.28. The van der Waals surface area contributed by atoms with E-state index in [0.29, 0.717) is 5.92 Å². The maximum absolute atomic E-state index is 5.19. The van der Waals surface area contributed by atoms with E-state index in [9.17, 15) is 0 Å². The summed E-state index contributed by atoms with van der Waals surface area (Å²) < 4.78 is 6.35. The molecule has 1 atom stereocenters. The molecule has 15 heavy (non-hydrogen) atoms. The second kappa shape index (κ2) is 4.99. The molecule has 0 amide bonds. The SMILES string of the molecule is COc1ccc([C@@H]2CCCNC2)c(Br)c1. The molecule has 1 fully saturated rings. The molecule has 1 heterocycles. The van der Waals surface area contributed by atoms with Crippen molar-refractivity contribution in [1.82, 2.24) is 5.32 Å². The fraction of sp³-hybridized carbons (Fsp3) is 0.500. The van der Waals surface area contributed by atoms with Crippen molar-refractivity contribution in [3.05, 3.63) is 28.2 Å². The van der Waals surface area contributed by atoms with E-state index >= 15 is 0 Å². The van der Waals surface area contributed by atoms with Crippen molar-refractivity contribution < 1.29 is 4.74 Å². The first kappa shape index (κ1) is 11.0. The largest absolute Gasteiger partial charge is 0.497 e. The van der Waals surface area contributed by atoms with E-state index in [-0.39, 0.29) is 0 Å². The second-order valence-corrected chi connectivity index (χ2v) is 4.79. The predicted molar refractivity (Wildman–Crippen MR) is 65.5 cm³/mol. The van der Waals surface area contributed by atoms with Gasteiger partial charge in [-0.15, -0.1) is 0 Å². The van der Waals surface area contributed by atoms with Crippen LogP contribution in [0.4, 0.5) is 0 Å². The summed E-state index contributed by atoms with van der Waals surface area (Å²) in [5.74, 6) is 1.55. The topological polar surface area (TPSA) is 21.3 Å². The van der Waals surface area contributed by atoms with E-state index in [1.54, 1.807) is 7.11 Å². The molecule has 1 aliphatic heterocycles. The minimum atomic E-state index is 0.638. The number of piperidine rings is 1. The van der Waals surface area contributed by atoms with Gasteiger partial charge in [0.1, 0.15) is 5.75 Å². The fourth-order valence-corrected chi connectivity index (χ4v) is 2.76. The summed E-state index contributed by atoms with van der Waals surface area (Å²) in [5, 5.41) is 3.44. The Morgan fingerprint density at radius 3 is 2.93 bits per heavy atom. The van der Waals surface area contributed by atoms with Gasteiger partial charge in [0.2, 0.25) is 0 Å². The first-order chi connectivity index (χ1) is 7.31. The van der Waals surface area contributed by atoms with Crippen LogP contribution in [0.2, 0.25) is 0 Å². The molecule has 0 radical (unpaired) electrons. The van der Waals surface area contributed by atoms with Crippen molar-refractivity contribution in [2.24, 2.45) is 0 Å². The minimum Gasteiger partial charge on any atom is -0.497 e. The molecule has 0 saturated carbocycles. The van der Waals surface area contributed by atoms with Crippen molar-refractivity contribution in [1.29, 1.82) is 0 Å². The third-order valence-electron chi connectivity index (χ3n) is 2.94. The van der Waals surface area contributed by atoms with Gasteiger partial charge < -0.3 is 10.1 Å². The highest BCUT2D eigenvalue weighted by Gasteiger charge is 2.17. The number of halogens is 1. The Balaban J connectivity index is 2.19. The molecular formula is C12H16BrNO. The van der Waals surface area contributed by atoms with Crippen molar-refractivity contribution in [2.75, 3.05) is 20.2 Å². The van der Waals surface area contributed by atoms with E-state index in [2.05, 4.69) is 27.3 Å². The van der Waals surface area contributed by atoms with Crippen LogP contribution in [-0.4, -0.2) is 20.2 Å². The molecule has 1 aromatic carbocycles. The third kappa shape index (κ3) is 2.52. The van der Waals surface area contributed by atoms with Crippen LogP contribution in [0.15, 0.2) is 22.7 Å². The van der Waals surface area contributed by atoms with Crippen LogP contribution in [0.25, 0.3) is 0 Å². The molecule has 3 heteroatoms. The number of hydrogen-bond acceptors (Lipinski definition) is 2. The summed E-state index contributed by atoms with van der Waals surface area (Å²) in [5.41, 5.74) is 1.39. The third-order valence-corrected chi connectivity index (χ3v) is 3.63. The Kier molecular flexibility index (Phi) is 3.65. The van der Waals surface area contributed by atoms with Crippen LogP contribution in [-0.2, 0) is 0 Å². The van der Waals surface area contributed by atoms with E-state index in [1.165, 1.54) is 18.4 Å². The van der Waals surface area contributed by atoms with Crippen molar-refractivity contribution in [3.63, 3.8) is 0 Å². The lowest BCUT2D eigenvalue weighted by molar-refractivity contribution is 0.413. The van der Waals surface area contributed by atoms with Gasteiger partial charge in [0.15, 0.2) is 0 Å². The first-order valence-corrected chi connectivity index (χ1v) is 6.14. The summed E-state index contributed by atoms with van der Waals surface area (Å²) in [6.45, 7) is 2.25. The summed E-state index contributed by atoms with van der Waals surface area (Å²) in [4.78, 5) is 0. The Labute approximate surface area is 99.1 Å². The second-order valence-electron chi connectivity index (χ2n) is 3.93. The van der Waals surface area contributed by atoms with Crippen molar-refractivity contribution in [2.45, 2.75) is 18.8 Å². The highest BCUT2D eigenvalue weighted by atomic mass is 79.9. The Hall–Kier alpha value is -0.540. The molecule has 1 N–H and O–H groups in total. The minimum absolute atomic E-state index is 0.638. The molecule has 2 nitrogen and oxygen atoms in total. The highest BCUT2D eigenvalue weighted by molar-refractivity contribution is 9.10. The molecule has 1 saturated heterocycles. The fourth-order valence-electron chi connectivity index (χ4n) is 2.08. The Bertz CT molecular complexity index is 334. The normalized spacial score (nSPS) is 21.3. The standard InChI is InChI=1S/C12H16BrNO/c1-15-10-4-5-11(12(13)7-10)9-3-2-6-14-8-9/h4-5,7,9,14H,2-3,6,8H2,1H3/t9-/m1/s1. The van der Waals surface area contributed by atoms with E-state index in [4.69, 9.17) is 4.74 Å². The van der Waals surface area contributed by atoms with Crippen LogP contribution in [0, 0.1) is 0 Å². The number of methoxy groups -OCH3 is 1. The van der Waals surface area contributed by atoms with Crippen LogP contribution in [0.1, 0.15) is 24.3 Å². The van der Waals surface area contributed by atoms with Crippen LogP contribution < -0.4 is 10.1 Å². The zero-order chi connectivity index (χ0) is 10.7. The van der Waals surface area contributed by atoms with Gasteiger partial charge in [-0.2, -0.15) is 0 Å². The van der Waals surface area contributed by atoms with Crippen molar-refractivity contribution >= 4 is 15.9 Å². The van der Waals surface area contributed by atoms with E-state index in [0.717, 1.165) is 23.3 Å². The zero-order valence-electron chi connectivity index (χ0n) is 8.92. The summed E-state index contributed by atoms with van der Waals surface area (Å²) in [6.07, 6.45) is 2.54. The summed E-state index contributed by atoms with van der Waals surface area (Å²) in [6, 6.07) is 6.25. The van der Waals surface area contributed by atoms with Gasteiger partial charge in [0.25, 0.3) is 0 Å². The van der Waals surface area contributed by atoms with Gasteiger partial charge in [-0.3, -0.25) is 0 Å². The molecule has 0 aliphatic carbocycles. The summed E-state index contributed by atoms with van der Waals surface area (Å²) in [7, 11) is 1.70. The highest BCUT2D eigenvalue weighted by Crippen LogP contribution is 2.32. The van der Waals surface area contributed by atoms with Gasteiger partial charge in [-0.25, -0.2) is 0 Å². The maximum atomic E-state index is 5.19. The number of benzene rings is 1. The van der Waals surface area contributed by atoms with E-state index in [1.807, 2.05) is 12.1 Å². The zero-order valence-corrected chi connectivity index (χ0v) is 10.5. The van der Waals surface area contributed by atoms with Crippen LogP contribution >= 0.6 is 15.9 Å². The Morgan fingerprint density at radius 2 is 2.33 bits per heavy atom. The number of hydrogen-bond donors (Lipinski definition) is 1. The molecule has 2 rings (SSSR count). The lowest BCUT2D eigenvalue weighted by Gasteiger charge is -2.24. The smallest absolute Gasteiger partial charge is 0.120 e. The molecule has 0 aromatic heterocycles. The monoisotopic (exact) mass is 269 g/mol. The first-order valence-electron chi connectivity index (χ1n) is 5.35. The molecule has 82 valence electrons. The predicted octanol–water partition coefficient (Wildman–Crippen LogP) is 2.92. The van der Waals surface area contributed by atoms with Crippen LogP contribution in [0.5, 0.6) is 5.75 Å². The van der Waals surface area contributed by atoms with E-state index < -0.39 is 0 Å². The molecule has 0 bridgehead atoms. The maximum Gasteiger partial charge on any atom is 0.120 e. The van der Waals surface area contributed by atoms with Gasteiger partial charge >= 0.3 is 0 Å². The molecule has 0 spiro atoms. The van der Waals surface area contributed by atoms with Gasteiger partial charge in [0.05, 0.1) is 7.11 Å². The average molecular weight is 270 g/mol. The van der Waals surface area contributed by atoms with Crippen LogP contribution in [0.3, 0.4) is 0 Å². The number of rotatable bonds is 2. The lowest BCUT2D eigenvalue weighted by atomic mass is 9.92. The summed E-state index contributed by atoms with van der Waals surface area (Å²) >= 11 is 3.62. The molecule has 1 aliphatic rings. The Morgan fingerprint density at radius 1 is 1.47 bits per heavy atom. The van der Waals surface area contributed by atoms with Gasteiger partial charge in [-0.05, 0) is 43.0 Å². The quantitative estimate of drug-likeness (QED) is 0.892. The molecule has 0 unspecified atom stereocenters. The molecule has 1 aromatic rings. The van der Waals surface area contributed by atoms with Gasteiger partial charge in [0, 0.05) is 11.0 Å². The van der Waals surface area contributed by atoms with Crippen molar-refractivity contribution in [3.8, 4) is 5.75 Å². The van der Waals surface area contributed by atoms with Gasteiger partial charge in [-0.1, -0.05) is 22.0 Å². The average Bonchev–Trinajstić information content (AvgIpc) is 2.30. The number of nitrogens with one attached hydrogen (secondary N) is 1. The molecular weight excluding hydrogens is 254 g/mol.